The first kappa shape index (κ1) is 12.8. The number of nitrogens with one attached hydrogen (secondary N) is 1. The van der Waals surface area contributed by atoms with Gasteiger partial charge in [0.05, 0.1) is 17.0 Å². The highest BCUT2D eigenvalue weighted by Crippen LogP contribution is 2.28. The van der Waals surface area contributed by atoms with E-state index in [-0.39, 0.29) is 11.3 Å². The van der Waals surface area contributed by atoms with Crippen LogP contribution in [0, 0.1) is 11.6 Å². The molecule has 0 aliphatic heterocycles. The van der Waals surface area contributed by atoms with Gasteiger partial charge in [0, 0.05) is 5.02 Å². The van der Waals surface area contributed by atoms with Crippen molar-refractivity contribution in [2.45, 2.75) is 0 Å². The standard InChI is InChI=1S/C15H9ClF2N2/c16-10-6-4-9(5-7-10)13-8-14(20-19-13)15-11(17)2-1-3-12(15)18/h1-8H,(H,19,20). The first-order valence-electron chi connectivity index (χ1n) is 5.91. The van der Waals surface area contributed by atoms with Crippen LogP contribution in [0.3, 0.4) is 0 Å². The first-order valence-corrected chi connectivity index (χ1v) is 6.28. The van der Waals surface area contributed by atoms with Gasteiger partial charge in [-0.05, 0) is 35.9 Å². The summed E-state index contributed by atoms with van der Waals surface area (Å²) in [6, 6.07) is 12.4. The van der Waals surface area contributed by atoms with Crippen LogP contribution in [0.1, 0.15) is 0 Å². The van der Waals surface area contributed by atoms with Gasteiger partial charge < -0.3 is 0 Å². The average molecular weight is 291 g/mol. The molecule has 1 aromatic heterocycles. The summed E-state index contributed by atoms with van der Waals surface area (Å²) in [4.78, 5) is 0. The maximum absolute atomic E-state index is 13.7. The van der Waals surface area contributed by atoms with Crippen molar-refractivity contribution in [3.05, 3.63) is 65.2 Å². The van der Waals surface area contributed by atoms with Crippen LogP contribution in [0.25, 0.3) is 22.5 Å². The zero-order valence-electron chi connectivity index (χ0n) is 10.2. The molecule has 0 radical (unpaired) electrons. The highest BCUT2D eigenvalue weighted by Gasteiger charge is 2.14. The van der Waals surface area contributed by atoms with E-state index in [1.54, 1.807) is 30.3 Å². The van der Waals surface area contributed by atoms with Gasteiger partial charge in [0.1, 0.15) is 11.6 Å². The van der Waals surface area contributed by atoms with Gasteiger partial charge in [-0.3, -0.25) is 5.10 Å². The van der Waals surface area contributed by atoms with Crippen LogP contribution in [-0.4, -0.2) is 10.2 Å². The molecule has 0 aliphatic carbocycles. The van der Waals surface area contributed by atoms with E-state index in [2.05, 4.69) is 10.2 Å². The van der Waals surface area contributed by atoms with Gasteiger partial charge in [-0.1, -0.05) is 29.8 Å². The highest BCUT2D eigenvalue weighted by atomic mass is 35.5. The number of hydrogen-bond acceptors (Lipinski definition) is 1. The van der Waals surface area contributed by atoms with Crippen LogP contribution in [-0.2, 0) is 0 Å². The lowest BCUT2D eigenvalue weighted by Crippen LogP contribution is -1.89. The molecular weight excluding hydrogens is 282 g/mol. The molecule has 3 aromatic rings. The van der Waals surface area contributed by atoms with Gasteiger partial charge in [-0.15, -0.1) is 0 Å². The number of aromatic nitrogens is 2. The molecule has 0 bridgehead atoms. The molecule has 0 amide bonds. The second-order valence-electron chi connectivity index (χ2n) is 4.27. The number of halogens is 3. The predicted molar refractivity (Wildman–Crippen MR) is 74.4 cm³/mol. The Balaban J connectivity index is 2.04. The lowest BCUT2D eigenvalue weighted by Gasteiger charge is -2.00. The molecule has 1 N–H and O–H groups in total. The Morgan fingerprint density at radius 1 is 0.950 bits per heavy atom. The Hall–Kier alpha value is -2.20. The molecule has 0 unspecified atom stereocenters. The monoisotopic (exact) mass is 290 g/mol. The van der Waals surface area contributed by atoms with Crippen molar-refractivity contribution in [1.29, 1.82) is 0 Å². The number of benzene rings is 2. The molecule has 0 spiro atoms. The largest absolute Gasteiger partial charge is 0.277 e. The van der Waals surface area contributed by atoms with Gasteiger partial charge >= 0.3 is 0 Å². The third kappa shape index (κ3) is 2.30. The van der Waals surface area contributed by atoms with Gasteiger partial charge in [-0.25, -0.2) is 8.78 Å². The molecule has 1 heterocycles. The Kier molecular flexibility index (Phi) is 3.24. The molecular formula is C15H9ClF2N2. The fourth-order valence-corrected chi connectivity index (χ4v) is 2.10. The summed E-state index contributed by atoms with van der Waals surface area (Å²) in [5.74, 6) is -1.28. The summed E-state index contributed by atoms with van der Waals surface area (Å²) in [7, 11) is 0. The minimum Gasteiger partial charge on any atom is -0.277 e. The quantitative estimate of drug-likeness (QED) is 0.729. The second kappa shape index (κ2) is 5.06. The Labute approximate surface area is 119 Å². The Morgan fingerprint density at radius 3 is 2.25 bits per heavy atom. The van der Waals surface area contributed by atoms with E-state index in [9.17, 15) is 8.78 Å². The van der Waals surface area contributed by atoms with Gasteiger partial charge in [0.2, 0.25) is 0 Å². The lowest BCUT2D eigenvalue weighted by molar-refractivity contribution is 0.588. The molecule has 0 atom stereocenters. The fourth-order valence-electron chi connectivity index (χ4n) is 1.97. The molecule has 100 valence electrons. The number of nitrogens with zero attached hydrogens (tertiary/aromatic N) is 1. The van der Waals surface area contributed by atoms with Crippen LogP contribution < -0.4 is 0 Å². The minimum absolute atomic E-state index is 0.135. The van der Waals surface area contributed by atoms with Gasteiger partial charge in [0.25, 0.3) is 0 Å². The maximum Gasteiger partial charge on any atom is 0.135 e. The van der Waals surface area contributed by atoms with Crippen molar-refractivity contribution in [2.24, 2.45) is 0 Å². The molecule has 0 saturated heterocycles. The first-order chi connectivity index (χ1) is 9.65. The molecule has 2 aromatic carbocycles. The zero-order chi connectivity index (χ0) is 14.1. The zero-order valence-corrected chi connectivity index (χ0v) is 11.0. The van der Waals surface area contributed by atoms with Gasteiger partial charge in [-0.2, -0.15) is 5.10 Å². The summed E-state index contributed by atoms with van der Waals surface area (Å²) < 4.78 is 27.4. The third-order valence-corrected chi connectivity index (χ3v) is 3.20. The number of H-pyrrole nitrogens is 1. The Morgan fingerprint density at radius 2 is 1.60 bits per heavy atom. The van der Waals surface area contributed by atoms with E-state index in [1.165, 1.54) is 18.2 Å². The van der Waals surface area contributed by atoms with E-state index in [4.69, 9.17) is 11.6 Å². The molecule has 20 heavy (non-hydrogen) atoms. The van der Waals surface area contributed by atoms with Crippen molar-refractivity contribution in [3.63, 3.8) is 0 Å². The normalized spacial score (nSPS) is 10.8. The van der Waals surface area contributed by atoms with Crippen molar-refractivity contribution in [2.75, 3.05) is 0 Å². The lowest BCUT2D eigenvalue weighted by atomic mass is 10.1. The highest BCUT2D eigenvalue weighted by molar-refractivity contribution is 6.30. The topological polar surface area (TPSA) is 28.7 Å². The molecule has 0 saturated carbocycles. The summed E-state index contributed by atoms with van der Waals surface area (Å²) >= 11 is 5.82. The predicted octanol–water partition coefficient (Wildman–Crippen LogP) is 4.68. The molecule has 5 heteroatoms. The van der Waals surface area contributed by atoms with E-state index in [0.717, 1.165) is 5.56 Å². The van der Waals surface area contributed by atoms with Crippen molar-refractivity contribution in [1.82, 2.24) is 10.2 Å². The summed E-state index contributed by atoms with van der Waals surface area (Å²) in [5, 5.41) is 7.36. The van der Waals surface area contributed by atoms with E-state index < -0.39 is 11.6 Å². The van der Waals surface area contributed by atoms with E-state index in [1.807, 2.05) is 0 Å². The number of rotatable bonds is 2. The van der Waals surface area contributed by atoms with Crippen LogP contribution >= 0.6 is 11.6 Å². The fraction of sp³-hybridized carbons (Fsp3) is 0. The van der Waals surface area contributed by atoms with Crippen molar-refractivity contribution < 1.29 is 8.78 Å². The smallest absolute Gasteiger partial charge is 0.135 e. The van der Waals surface area contributed by atoms with Crippen LogP contribution in [0.5, 0.6) is 0 Å². The van der Waals surface area contributed by atoms with Crippen LogP contribution in [0.2, 0.25) is 5.02 Å². The van der Waals surface area contributed by atoms with Crippen LogP contribution in [0.15, 0.2) is 48.5 Å². The van der Waals surface area contributed by atoms with Crippen LogP contribution in [0.4, 0.5) is 8.78 Å². The molecule has 0 aliphatic rings. The number of hydrogen-bond donors (Lipinski definition) is 1. The number of aromatic amines is 1. The van der Waals surface area contributed by atoms with Gasteiger partial charge in [0.15, 0.2) is 0 Å². The third-order valence-electron chi connectivity index (χ3n) is 2.95. The SMILES string of the molecule is Fc1cccc(F)c1-c1cc(-c2ccc(Cl)cc2)[nH]n1. The average Bonchev–Trinajstić information content (AvgIpc) is 2.89. The van der Waals surface area contributed by atoms with Crippen molar-refractivity contribution >= 4 is 11.6 Å². The molecule has 3 rings (SSSR count). The minimum atomic E-state index is -0.640. The summed E-state index contributed by atoms with van der Waals surface area (Å²) in [5.41, 5.74) is 1.60. The Bertz CT molecular complexity index is 731. The second-order valence-corrected chi connectivity index (χ2v) is 4.71. The van der Waals surface area contributed by atoms with E-state index >= 15 is 0 Å². The summed E-state index contributed by atoms with van der Waals surface area (Å²) in [6.07, 6.45) is 0. The summed E-state index contributed by atoms with van der Waals surface area (Å²) in [6.45, 7) is 0. The van der Waals surface area contributed by atoms with E-state index in [0.29, 0.717) is 10.7 Å². The molecule has 2 nitrogen and oxygen atoms in total. The van der Waals surface area contributed by atoms with Crippen molar-refractivity contribution in [3.8, 4) is 22.5 Å². The maximum atomic E-state index is 13.7. The molecule has 0 fully saturated rings.